The minimum absolute atomic E-state index is 0.0443. The summed E-state index contributed by atoms with van der Waals surface area (Å²) in [5.74, 6) is -1.08. The van der Waals surface area contributed by atoms with Crippen LogP contribution in [0.1, 0.15) is 15.9 Å². The Hall–Kier alpha value is -1.57. The third-order valence-corrected chi connectivity index (χ3v) is 5.59. The monoisotopic (exact) mass is 403 g/mol. The molecular weight excluding hydrogens is 394 g/mol. The van der Waals surface area contributed by atoms with Gasteiger partial charge in [0, 0.05) is 10.2 Å². The number of halogens is 2. The average Bonchev–Trinajstić information content (AvgIpc) is 2.42. The highest BCUT2D eigenvalue weighted by atomic mass is 79.9. The highest BCUT2D eigenvalue weighted by Crippen LogP contribution is 2.29. The maximum Gasteiger partial charge on any atom is 0.335 e. The number of sulfonamides is 1. The van der Waals surface area contributed by atoms with Crippen molar-refractivity contribution >= 4 is 49.2 Å². The summed E-state index contributed by atoms with van der Waals surface area (Å²) in [5, 5.41) is 8.91. The number of carboxylic acids is 1. The molecule has 0 fully saturated rings. The molecule has 2 N–H and O–H groups in total. The van der Waals surface area contributed by atoms with E-state index in [9.17, 15) is 13.2 Å². The lowest BCUT2D eigenvalue weighted by Gasteiger charge is -2.11. The van der Waals surface area contributed by atoms with Gasteiger partial charge in [0.05, 0.1) is 10.6 Å². The predicted molar refractivity (Wildman–Crippen MR) is 88.1 cm³/mol. The summed E-state index contributed by atoms with van der Waals surface area (Å²) in [6.45, 7) is 1.75. The van der Waals surface area contributed by atoms with E-state index in [-0.39, 0.29) is 21.2 Å². The molecule has 0 aliphatic carbocycles. The van der Waals surface area contributed by atoms with Gasteiger partial charge in [0.25, 0.3) is 10.0 Å². The van der Waals surface area contributed by atoms with Crippen LogP contribution in [0.15, 0.2) is 45.8 Å². The van der Waals surface area contributed by atoms with Gasteiger partial charge < -0.3 is 5.11 Å². The quantitative estimate of drug-likeness (QED) is 0.809. The number of carbonyl (C=O) groups is 1. The Balaban J connectivity index is 2.35. The van der Waals surface area contributed by atoms with E-state index in [1.54, 1.807) is 6.92 Å². The summed E-state index contributed by atoms with van der Waals surface area (Å²) in [6.07, 6.45) is 0. The molecule has 0 atom stereocenters. The van der Waals surface area contributed by atoms with Crippen molar-refractivity contribution in [1.29, 1.82) is 0 Å². The fourth-order valence-corrected chi connectivity index (χ4v) is 3.88. The molecule has 0 heterocycles. The third-order valence-electron chi connectivity index (χ3n) is 2.89. The lowest BCUT2D eigenvalue weighted by molar-refractivity contribution is 0.0697. The first kappa shape index (κ1) is 16.8. The first-order valence-electron chi connectivity index (χ1n) is 6.02. The van der Waals surface area contributed by atoms with E-state index < -0.39 is 16.0 Å². The number of nitrogens with one attached hydrogen (secondary N) is 1. The van der Waals surface area contributed by atoms with Gasteiger partial charge in [-0.3, -0.25) is 4.72 Å². The highest BCUT2D eigenvalue weighted by molar-refractivity contribution is 9.10. The zero-order chi connectivity index (χ0) is 16.5. The number of aromatic carboxylic acids is 1. The number of hydrogen-bond donors (Lipinski definition) is 2. The molecule has 2 rings (SSSR count). The number of rotatable bonds is 4. The molecule has 0 bridgehead atoms. The smallest absolute Gasteiger partial charge is 0.335 e. The van der Waals surface area contributed by atoms with Crippen molar-refractivity contribution < 1.29 is 18.3 Å². The van der Waals surface area contributed by atoms with Crippen LogP contribution in [0.5, 0.6) is 0 Å². The lowest BCUT2D eigenvalue weighted by Crippen LogP contribution is -2.14. The zero-order valence-electron chi connectivity index (χ0n) is 11.3. The van der Waals surface area contributed by atoms with Gasteiger partial charge in [-0.1, -0.05) is 27.5 Å². The Morgan fingerprint density at radius 1 is 1.23 bits per heavy atom. The van der Waals surface area contributed by atoms with Gasteiger partial charge in [-0.25, -0.2) is 13.2 Å². The van der Waals surface area contributed by atoms with Gasteiger partial charge in [0.2, 0.25) is 0 Å². The maximum absolute atomic E-state index is 12.4. The Morgan fingerprint density at radius 3 is 2.36 bits per heavy atom. The van der Waals surface area contributed by atoms with Gasteiger partial charge in [-0.2, -0.15) is 0 Å². The third kappa shape index (κ3) is 3.60. The summed E-state index contributed by atoms with van der Waals surface area (Å²) in [5.41, 5.74) is 1.05. The van der Waals surface area contributed by atoms with Crippen LogP contribution in [0, 0.1) is 6.92 Å². The minimum Gasteiger partial charge on any atom is -0.478 e. The molecule has 22 heavy (non-hydrogen) atoms. The summed E-state index contributed by atoms with van der Waals surface area (Å²) >= 11 is 9.27. The van der Waals surface area contributed by atoms with Crippen molar-refractivity contribution in [3.8, 4) is 0 Å². The van der Waals surface area contributed by atoms with E-state index in [0.717, 1.165) is 5.56 Å². The van der Waals surface area contributed by atoms with Gasteiger partial charge in [-0.05, 0) is 48.9 Å². The second-order valence-corrected chi connectivity index (χ2v) is 7.43. The second kappa shape index (κ2) is 6.28. The van der Waals surface area contributed by atoms with Crippen LogP contribution in [0.2, 0.25) is 5.02 Å². The molecule has 8 heteroatoms. The summed E-state index contributed by atoms with van der Waals surface area (Å²) in [7, 11) is -3.87. The zero-order valence-corrected chi connectivity index (χ0v) is 14.5. The summed E-state index contributed by atoms with van der Waals surface area (Å²) < 4.78 is 27.8. The summed E-state index contributed by atoms with van der Waals surface area (Å²) in [4.78, 5) is 10.7. The van der Waals surface area contributed by atoms with Gasteiger partial charge in [0.1, 0.15) is 4.90 Å². The van der Waals surface area contributed by atoms with E-state index >= 15 is 0 Å². The molecule has 0 aromatic heterocycles. The maximum atomic E-state index is 12.4. The first-order valence-corrected chi connectivity index (χ1v) is 8.68. The normalized spacial score (nSPS) is 11.2. The lowest BCUT2D eigenvalue weighted by atomic mass is 10.2. The Bertz CT molecular complexity index is 835. The fraction of sp³-hybridized carbons (Fsp3) is 0.0714. The number of benzene rings is 2. The van der Waals surface area contributed by atoms with Crippen LogP contribution in [0.3, 0.4) is 0 Å². The topological polar surface area (TPSA) is 83.5 Å². The van der Waals surface area contributed by atoms with Crippen molar-refractivity contribution in [2.45, 2.75) is 11.8 Å². The standard InChI is InChI=1S/C14H11BrClNO4S/c1-8-6-13(12(16)7-11(8)15)22(20,21)17-10-4-2-9(3-5-10)14(18)19/h2-7,17H,1H3,(H,18,19). The average molecular weight is 405 g/mol. The molecule has 0 aliphatic heterocycles. The van der Waals surface area contributed by atoms with E-state index in [1.807, 2.05) is 0 Å². The molecule has 2 aromatic rings. The van der Waals surface area contributed by atoms with Crippen LogP contribution in [0.4, 0.5) is 5.69 Å². The molecule has 0 unspecified atom stereocenters. The molecule has 116 valence electrons. The van der Waals surface area contributed by atoms with Crippen LogP contribution in [0.25, 0.3) is 0 Å². The van der Waals surface area contributed by atoms with E-state index in [4.69, 9.17) is 16.7 Å². The molecule has 0 spiro atoms. The molecule has 0 saturated carbocycles. The van der Waals surface area contributed by atoms with E-state index in [1.165, 1.54) is 36.4 Å². The largest absolute Gasteiger partial charge is 0.478 e. The van der Waals surface area contributed by atoms with Crippen molar-refractivity contribution in [3.63, 3.8) is 0 Å². The molecule has 0 aliphatic rings. The van der Waals surface area contributed by atoms with Crippen LogP contribution < -0.4 is 4.72 Å². The van der Waals surface area contributed by atoms with Gasteiger partial charge in [-0.15, -0.1) is 0 Å². The van der Waals surface area contributed by atoms with Crippen molar-refractivity contribution in [1.82, 2.24) is 0 Å². The molecule has 0 saturated heterocycles. The number of aryl methyl sites for hydroxylation is 1. The van der Waals surface area contributed by atoms with Gasteiger partial charge in [0.15, 0.2) is 0 Å². The van der Waals surface area contributed by atoms with E-state index in [2.05, 4.69) is 20.7 Å². The van der Waals surface area contributed by atoms with Crippen molar-refractivity contribution in [3.05, 3.63) is 57.0 Å². The first-order chi connectivity index (χ1) is 10.2. The minimum atomic E-state index is -3.87. The molecule has 0 amide bonds. The Labute approximate surface area is 141 Å². The fourth-order valence-electron chi connectivity index (χ4n) is 1.73. The molecular formula is C14H11BrClNO4S. The molecule has 5 nitrogen and oxygen atoms in total. The van der Waals surface area contributed by atoms with Gasteiger partial charge >= 0.3 is 5.97 Å². The van der Waals surface area contributed by atoms with E-state index in [0.29, 0.717) is 4.47 Å². The predicted octanol–water partition coefficient (Wildman–Crippen LogP) is 3.91. The SMILES string of the molecule is Cc1cc(S(=O)(=O)Nc2ccc(C(=O)O)cc2)c(Cl)cc1Br. The number of hydrogen-bond acceptors (Lipinski definition) is 3. The van der Waals surface area contributed by atoms with Crippen molar-refractivity contribution in [2.24, 2.45) is 0 Å². The van der Waals surface area contributed by atoms with Crippen molar-refractivity contribution in [2.75, 3.05) is 4.72 Å². The second-order valence-electron chi connectivity index (χ2n) is 4.52. The van der Waals surface area contributed by atoms with Crippen LogP contribution >= 0.6 is 27.5 Å². The highest BCUT2D eigenvalue weighted by Gasteiger charge is 2.19. The molecule has 2 aromatic carbocycles. The Morgan fingerprint density at radius 2 is 1.82 bits per heavy atom. The van der Waals surface area contributed by atoms with Crippen LogP contribution in [-0.2, 0) is 10.0 Å². The summed E-state index contributed by atoms with van der Waals surface area (Å²) in [6, 6.07) is 8.35. The Kier molecular flexibility index (Phi) is 4.79. The number of carboxylic acid groups (broad SMARTS) is 1. The van der Waals surface area contributed by atoms with Crippen LogP contribution in [-0.4, -0.2) is 19.5 Å². The molecule has 0 radical (unpaired) electrons. The number of anilines is 1.